The van der Waals surface area contributed by atoms with E-state index in [1.165, 1.54) is 19.2 Å². The molecule has 0 spiro atoms. The van der Waals surface area contributed by atoms with Crippen molar-refractivity contribution in [1.29, 1.82) is 0 Å². The summed E-state index contributed by atoms with van der Waals surface area (Å²) >= 11 is 1.58. The zero-order chi connectivity index (χ0) is 14.7. The molecule has 2 rings (SSSR count). The molecule has 1 heterocycles. The monoisotopic (exact) mass is 293 g/mol. The number of rotatable bonds is 5. The van der Waals surface area contributed by atoms with Gasteiger partial charge in [0, 0.05) is 4.88 Å². The number of benzene rings is 1. The van der Waals surface area contributed by atoms with Crippen molar-refractivity contribution in [2.75, 3.05) is 7.11 Å². The molecule has 0 aliphatic heterocycles. The van der Waals surface area contributed by atoms with E-state index in [1.54, 1.807) is 17.4 Å². The zero-order valence-corrected chi connectivity index (χ0v) is 12.3. The molecule has 0 amide bonds. The highest BCUT2D eigenvalue weighted by Gasteiger charge is 2.11. The van der Waals surface area contributed by atoms with Gasteiger partial charge in [-0.1, -0.05) is 0 Å². The number of hydrogen-bond acceptors (Lipinski definition) is 5. The highest BCUT2D eigenvalue weighted by molar-refractivity contribution is 7.11. The number of thiazole rings is 1. The molecule has 106 valence electrons. The summed E-state index contributed by atoms with van der Waals surface area (Å²) in [5.74, 6) is -0.0982. The van der Waals surface area contributed by atoms with Crippen LogP contribution < -0.4 is 9.47 Å². The van der Waals surface area contributed by atoms with E-state index < -0.39 is 5.97 Å². The lowest BCUT2D eigenvalue weighted by molar-refractivity contribution is 0.0696. The molecule has 2 aromatic rings. The van der Waals surface area contributed by atoms with E-state index in [-0.39, 0.29) is 5.56 Å². The number of ether oxygens (including phenoxy) is 2. The van der Waals surface area contributed by atoms with E-state index in [1.807, 2.05) is 13.8 Å². The van der Waals surface area contributed by atoms with E-state index in [0.29, 0.717) is 18.1 Å². The van der Waals surface area contributed by atoms with Gasteiger partial charge in [-0.3, -0.25) is 0 Å². The standard InChI is InChI=1S/C14H15NO4S/c1-8-9(2)20-13(15-8)7-19-11-5-4-10(14(16)17)6-12(11)18-3/h4-6H,7H2,1-3H3,(H,16,17). The molecular formula is C14H15NO4S. The van der Waals surface area contributed by atoms with Crippen molar-refractivity contribution in [1.82, 2.24) is 4.98 Å². The van der Waals surface area contributed by atoms with Gasteiger partial charge in [0.05, 0.1) is 18.4 Å². The first-order valence-electron chi connectivity index (χ1n) is 5.98. The molecule has 0 unspecified atom stereocenters. The predicted molar refractivity (Wildman–Crippen MR) is 75.9 cm³/mol. The second-order valence-electron chi connectivity index (χ2n) is 4.21. The third kappa shape index (κ3) is 3.08. The normalized spacial score (nSPS) is 10.3. The number of aromatic carboxylic acids is 1. The minimum Gasteiger partial charge on any atom is -0.493 e. The van der Waals surface area contributed by atoms with Crippen LogP contribution in [0.4, 0.5) is 0 Å². The number of hydrogen-bond donors (Lipinski definition) is 1. The van der Waals surface area contributed by atoms with Gasteiger partial charge in [0.2, 0.25) is 0 Å². The lowest BCUT2D eigenvalue weighted by Gasteiger charge is -2.10. The second kappa shape index (κ2) is 5.92. The van der Waals surface area contributed by atoms with Crippen LogP contribution in [0.1, 0.15) is 25.9 Å². The van der Waals surface area contributed by atoms with Crippen molar-refractivity contribution < 1.29 is 19.4 Å². The summed E-state index contributed by atoms with van der Waals surface area (Å²) in [5.41, 5.74) is 1.16. The van der Waals surface area contributed by atoms with Crippen molar-refractivity contribution >= 4 is 17.3 Å². The second-order valence-corrected chi connectivity index (χ2v) is 5.50. The fraction of sp³-hybridized carbons (Fsp3) is 0.286. The zero-order valence-electron chi connectivity index (χ0n) is 11.5. The molecule has 0 saturated heterocycles. The number of carboxylic acid groups (broad SMARTS) is 1. The van der Waals surface area contributed by atoms with E-state index in [9.17, 15) is 4.79 Å². The van der Waals surface area contributed by atoms with Crippen molar-refractivity contribution in [3.8, 4) is 11.5 Å². The third-order valence-corrected chi connectivity index (χ3v) is 3.88. The van der Waals surface area contributed by atoms with Crippen LogP contribution in [0.5, 0.6) is 11.5 Å². The maximum absolute atomic E-state index is 10.9. The Balaban J connectivity index is 2.14. The smallest absolute Gasteiger partial charge is 0.335 e. The summed E-state index contributed by atoms with van der Waals surface area (Å²) in [6.07, 6.45) is 0. The van der Waals surface area contributed by atoms with Crippen LogP contribution in [0.3, 0.4) is 0 Å². The summed E-state index contributed by atoms with van der Waals surface area (Å²) < 4.78 is 10.8. The van der Waals surface area contributed by atoms with Crippen LogP contribution in [-0.4, -0.2) is 23.2 Å². The SMILES string of the molecule is COc1cc(C(=O)O)ccc1OCc1nc(C)c(C)s1. The van der Waals surface area contributed by atoms with Crippen LogP contribution in [0.15, 0.2) is 18.2 Å². The highest BCUT2D eigenvalue weighted by Crippen LogP contribution is 2.29. The van der Waals surface area contributed by atoms with Crippen molar-refractivity contribution in [2.24, 2.45) is 0 Å². The van der Waals surface area contributed by atoms with Crippen molar-refractivity contribution in [3.63, 3.8) is 0 Å². The van der Waals surface area contributed by atoms with Gasteiger partial charge < -0.3 is 14.6 Å². The van der Waals surface area contributed by atoms with Gasteiger partial charge in [0.25, 0.3) is 0 Å². The Labute approximate surface area is 120 Å². The Morgan fingerprint density at radius 2 is 2.10 bits per heavy atom. The van der Waals surface area contributed by atoms with Gasteiger partial charge in [-0.2, -0.15) is 0 Å². The number of carbonyl (C=O) groups is 1. The van der Waals surface area contributed by atoms with Gasteiger partial charge in [-0.05, 0) is 32.0 Å². The quantitative estimate of drug-likeness (QED) is 0.917. The topological polar surface area (TPSA) is 68.7 Å². The number of aromatic nitrogens is 1. The Kier molecular flexibility index (Phi) is 4.24. The predicted octanol–water partition coefficient (Wildman–Crippen LogP) is 3.05. The van der Waals surface area contributed by atoms with E-state index >= 15 is 0 Å². The maximum Gasteiger partial charge on any atom is 0.335 e. The number of carboxylic acids is 1. The van der Waals surface area contributed by atoms with Crippen LogP contribution in [0, 0.1) is 13.8 Å². The van der Waals surface area contributed by atoms with Crippen LogP contribution >= 0.6 is 11.3 Å². The van der Waals surface area contributed by atoms with Crippen LogP contribution in [0.2, 0.25) is 0 Å². The molecule has 0 aliphatic rings. The summed E-state index contributed by atoms with van der Waals surface area (Å²) in [4.78, 5) is 16.4. The van der Waals surface area contributed by atoms with Gasteiger partial charge >= 0.3 is 5.97 Å². The van der Waals surface area contributed by atoms with Crippen molar-refractivity contribution in [2.45, 2.75) is 20.5 Å². The lowest BCUT2D eigenvalue weighted by atomic mass is 10.2. The fourth-order valence-electron chi connectivity index (χ4n) is 1.66. The molecule has 1 N–H and O–H groups in total. The molecule has 6 heteroatoms. The Morgan fingerprint density at radius 1 is 1.35 bits per heavy atom. The first-order chi connectivity index (χ1) is 9.51. The summed E-state index contributed by atoms with van der Waals surface area (Å²) in [6, 6.07) is 4.52. The average molecular weight is 293 g/mol. The molecule has 0 saturated carbocycles. The first-order valence-corrected chi connectivity index (χ1v) is 6.80. The molecule has 0 radical (unpaired) electrons. The van der Waals surface area contributed by atoms with Gasteiger partial charge in [0.1, 0.15) is 11.6 Å². The number of aryl methyl sites for hydroxylation is 2. The molecule has 0 atom stereocenters. The molecule has 0 aliphatic carbocycles. The largest absolute Gasteiger partial charge is 0.493 e. The highest BCUT2D eigenvalue weighted by atomic mass is 32.1. The summed E-state index contributed by atoms with van der Waals surface area (Å²) in [5, 5.41) is 9.81. The molecule has 0 bridgehead atoms. The van der Waals surface area contributed by atoms with Gasteiger partial charge in [-0.25, -0.2) is 9.78 Å². The maximum atomic E-state index is 10.9. The molecular weight excluding hydrogens is 278 g/mol. The van der Waals surface area contributed by atoms with Crippen LogP contribution in [-0.2, 0) is 6.61 Å². The van der Waals surface area contributed by atoms with E-state index in [4.69, 9.17) is 14.6 Å². The average Bonchev–Trinajstić information content (AvgIpc) is 2.75. The first kappa shape index (κ1) is 14.3. The van der Waals surface area contributed by atoms with Gasteiger partial charge in [-0.15, -0.1) is 11.3 Å². The Hall–Kier alpha value is -2.08. The van der Waals surface area contributed by atoms with Crippen molar-refractivity contribution in [3.05, 3.63) is 39.3 Å². The number of methoxy groups -OCH3 is 1. The fourth-order valence-corrected chi connectivity index (χ4v) is 2.51. The number of nitrogens with zero attached hydrogens (tertiary/aromatic N) is 1. The van der Waals surface area contributed by atoms with Crippen LogP contribution in [0.25, 0.3) is 0 Å². The van der Waals surface area contributed by atoms with E-state index in [2.05, 4.69) is 4.98 Å². The van der Waals surface area contributed by atoms with E-state index in [0.717, 1.165) is 15.6 Å². The molecule has 1 aromatic heterocycles. The minimum atomic E-state index is -0.999. The van der Waals surface area contributed by atoms with Gasteiger partial charge in [0.15, 0.2) is 11.5 Å². The molecule has 0 fully saturated rings. The minimum absolute atomic E-state index is 0.162. The molecule has 20 heavy (non-hydrogen) atoms. The molecule has 1 aromatic carbocycles. The third-order valence-electron chi connectivity index (χ3n) is 2.83. The molecule has 5 nitrogen and oxygen atoms in total. The Morgan fingerprint density at radius 3 is 2.65 bits per heavy atom. The summed E-state index contributed by atoms with van der Waals surface area (Å²) in [7, 11) is 1.48. The lowest BCUT2D eigenvalue weighted by Crippen LogP contribution is -2.01. The summed E-state index contributed by atoms with van der Waals surface area (Å²) in [6.45, 7) is 4.30. The Bertz CT molecular complexity index is 617.